The number of aromatic nitrogens is 2. The summed E-state index contributed by atoms with van der Waals surface area (Å²) in [6.07, 6.45) is 4.28. The standard InChI is InChI=1S/C27H33FN4O3/c1-5-6-7-22-24(25(33)32-16-19(28)10-13-23(32)30-22)18-8-11-20(12-9-18)29-21-14-15-31(17-21)26(34)35-27(2,3)4/h8-13,16,21,29H,5-7,14-15,17H2,1-4H3/t21-/m1/s1. The van der Waals surface area contributed by atoms with Gasteiger partial charge in [0.1, 0.15) is 17.1 Å². The number of amides is 1. The monoisotopic (exact) mass is 480 g/mol. The van der Waals surface area contributed by atoms with Gasteiger partial charge in [-0.25, -0.2) is 14.2 Å². The minimum absolute atomic E-state index is 0.115. The Kier molecular flexibility index (Phi) is 7.10. The number of benzene rings is 1. The smallest absolute Gasteiger partial charge is 0.410 e. The highest BCUT2D eigenvalue weighted by atomic mass is 19.1. The van der Waals surface area contributed by atoms with E-state index in [1.807, 2.05) is 45.0 Å². The number of anilines is 1. The molecule has 0 radical (unpaired) electrons. The lowest BCUT2D eigenvalue weighted by atomic mass is 10.0. The van der Waals surface area contributed by atoms with Crippen LogP contribution in [0.1, 0.15) is 52.7 Å². The molecule has 1 saturated heterocycles. The maximum atomic E-state index is 13.8. The number of hydrogen-bond donors (Lipinski definition) is 1. The first-order valence-corrected chi connectivity index (χ1v) is 12.2. The Bertz CT molecular complexity index is 1260. The van der Waals surface area contributed by atoms with Crippen LogP contribution in [-0.4, -0.2) is 45.1 Å². The lowest BCUT2D eigenvalue weighted by Crippen LogP contribution is -2.36. The summed E-state index contributed by atoms with van der Waals surface area (Å²) in [4.78, 5) is 32.0. The van der Waals surface area contributed by atoms with Gasteiger partial charge in [0.25, 0.3) is 5.56 Å². The van der Waals surface area contributed by atoms with Crippen LogP contribution < -0.4 is 10.9 Å². The molecular weight excluding hydrogens is 447 g/mol. The maximum Gasteiger partial charge on any atom is 0.410 e. The molecule has 0 aliphatic carbocycles. The van der Waals surface area contributed by atoms with E-state index in [2.05, 4.69) is 17.2 Å². The molecule has 0 unspecified atom stereocenters. The molecule has 3 aromatic rings. The van der Waals surface area contributed by atoms with Crippen molar-refractivity contribution in [2.24, 2.45) is 0 Å². The van der Waals surface area contributed by atoms with Crippen molar-refractivity contribution in [1.82, 2.24) is 14.3 Å². The molecule has 1 fully saturated rings. The Morgan fingerprint density at radius 2 is 1.94 bits per heavy atom. The van der Waals surface area contributed by atoms with Crippen LogP contribution in [0.2, 0.25) is 0 Å². The highest BCUT2D eigenvalue weighted by Crippen LogP contribution is 2.25. The molecule has 0 bridgehead atoms. The summed E-state index contributed by atoms with van der Waals surface area (Å²) in [5.41, 5.74) is 2.54. The second-order valence-electron chi connectivity index (χ2n) is 10.1. The van der Waals surface area contributed by atoms with Crippen molar-refractivity contribution in [3.8, 4) is 11.1 Å². The van der Waals surface area contributed by atoms with Crippen LogP contribution in [-0.2, 0) is 11.2 Å². The molecule has 186 valence electrons. The molecule has 0 saturated carbocycles. The molecule has 8 heteroatoms. The number of rotatable bonds is 6. The van der Waals surface area contributed by atoms with Crippen molar-refractivity contribution in [2.75, 3.05) is 18.4 Å². The Labute approximate surface area is 204 Å². The number of carbonyl (C=O) groups is 1. The van der Waals surface area contributed by atoms with Crippen LogP contribution in [0.15, 0.2) is 47.4 Å². The third-order valence-electron chi connectivity index (χ3n) is 6.01. The SMILES string of the molecule is CCCCc1nc2ccc(F)cn2c(=O)c1-c1ccc(N[C@@H]2CCN(C(=O)OC(C)(C)C)C2)cc1. The van der Waals surface area contributed by atoms with Crippen LogP contribution in [0.3, 0.4) is 0 Å². The predicted molar refractivity (Wildman–Crippen MR) is 135 cm³/mol. The van der Waals surface area contributed by atoms with Crippen molar-refractivity contribution in [3.63, 3.8) is 0 Å². The number of hydrogen-bond acceptors (Lipinski definition) is 5. The van der Waals surface area contributed by atoms with Gasteiger partial charge < -0.3 is 15.0 Å². The Morgan fingerprint density at radius 1 is 1.20 bits per heavy atom. The third kappa shape index (κ3) is 5.81. The van der Waals surface area contributed by atoms with Gasteiger partial charge in [0.05, 0.1) is 11.3 Å². The van der Waals surface area contributed by atoms with Crippen LogP contribution in [0.4, 0.5) is 14.9 Å². The van der Waals surface area contributed by atoms with E-state index in [0.29, 0.717) is 30.7 Å². The summed E-state index contributed by atoms with van der Waals surface area (Å²) in [6.45, 7) is 8.88. The zero-order chi connectivity index (χ0) is 25.2. The number of ether oxygens (including phenoxy) is 1. The van der Waals surface area contributed by atoms with E-state index < -0.39 is 11.4 Å². The maximum absolute atomic E-state index is 13.8. The van der Waals surface area contributed by atoms with E-state index in [4.69, 9.17) is 4.74 Å². The average molecular weight is 481 g/mol. The third-order valence-corrected chi connectivity index (χ3v) is 6.01. The molecule has 3 heterocycles. The zero-order valence-corrected chi connectivity index (χ0v) is 20.8. The zero-order valence-electron chi connectivity index (χ0n) is 20.8. The summed E-state index contributed by atoms with van der Waals surface area (Å²) < 4.78 is 20.6. The number of likely N-dealkylation sites (tertiary alicyclic amines) is 1. The van der Waals surface area contributed by atoms with Crippen LogP contribution in [0, 0.1) is 5.82 Å². The van der Waals surface area contributed by atoms with E-state index in [9.17, 15) is 14.0 Å². The number of nitrogens with zero attached hydrogens (tertiary/aromatic N) is 3. The molecule has 1 aliphatic heterocycles. The van der Waals surface area contributed by atoms with Gasteiger partial charge >= 0.3 is 6.09 Å². The topological polar surface area (TPSA) is 75.9 Å². The lowest BCUT2D eigenvalue weighted by Gasteiger charge is -2.24. The summed E-state index contributed by atoms with van der Waals surface area (Å²) in [7, 11) is 0. The first-order chi connectivity index (χ1) is 16.6. The molecule has 35 heavy (non-hydrogen) atoms. The van der Waals surface area contributed by atoms with Gasteiger partial charge in [-0.3, -0.25) is 9.20 Å². The Hall–Kier alpha value is -3.42. The van der Waals surface area contributed by atoms with E-state index in [1.165, 1.54) is 22.7 Å². The quantitative estimate of drug-likeness (QED) is 0.521. The number of pyridine rings is 1. The molecule has 4 rings (SSSR count). The summed E-state index contributed by atoms with van der Waals surface area (Å²) >= 11 is 0. The minimum Gasteiger partial charge on any atom is -0.444 e. The Balaban J connectivity index is 1.54. The van der Waals surface area contributed by atoms with Gasteiger partial charge in [-0.1, -0.05) is 25.5 Å². The van der Waals surface area contributed by atoms with Crippen molar-refractivity contribution >= 4 is 17.4 Å². The average Bonchev–Trinajstić information content (AvgIpc) is 3.27. The second kappa shape index (κ2) is 10.1. The predicted octanol–water partition coefficient (Wildman–Crippen LogP) is 5.26. The van der Waals surface area contributed by atoms with Gasteiger partial charge in [-0.05, 0) is 69.9 Å². The molecule has 1 atom stereocenters. The number of nitrogens with one attached hydrogen (secondary N) is 1. The molecule has 1 amide bonds. The van der Waals surface area contributed by atoms with Crippen molar-refractivity contribution < 1.29 is 13.9 Å². The van der Waals surface area contributed by atoms with Crippen LogP contribution in [0.5, 0.6) is 0 Å². The van der Waals surface area contributed by atoms with Gasteiger partial charge in [-0.15, -0.1) is 0 Å². The molecule has 7 nitrogen and oxygen atoms in total. The fourth-order valence-corrected chi connectivity index (χ4v) is 4.31. The van der Waals surface area contributed by atoms with Crippen molar-refractivity contribution in [1.29, 1.82) is 0 Å². The molecular formula is C27H33FN4O3. The highest BCUT2D eigenvalue weighted by Gasteiger charge is 2.29. The lowest BCUT2D eigenvalue weighted by molar-refractivity contribution is 0.0293. The largest absolute Gasteiger partial charge is 0.444 e. The van der Waals surface area contributed by atoms with E-state index in [-0.39, 0.29) is 17.7 Å². The Morgan fingerprint density at radius 3 is 2.63 bits per heavy atom. The summed E-state index contributed by atoms with van der Waals surface area (Å²) in [5.74, 6) is -0.481. The van der Waals surface area contributed by atoms with Crippen LogP contribution in [0.25, 0.3) is 16.8 Å². The second-order valence-corrected chi connectivity index (χ2v) is 10.1. The minimum atomic E-state index is -0.517. The van der Waals surface area contributed by atoms with E-state index in [0.717, 1.165) is 36.2 Å². The van der Waals surface area contributed by atoms with Gasteiger partial charge in [0.15, 0.2) is 0 Å². The molecule has 0 spiro atoms. The first kappa shape index (κ1) is 24.7. The van der Waals surface area contributed by atoms with Crippen molar-refractivity contribution in [2.45, 2.75) is 65.0 Å². The molecule has 1 aromatic carbocycles. The number of halogens is 1. The molecule has 1 aliphatic rings. The van der Waals surface area contributed by atoms with E-state index in [1.54, 1.807) is 4.90 Å². The van der Waals surface area contributed by atoms with Gasteiger partial charge in [-0.2, -0.15) is 0 Å². The normalized spacial score (nSPS) is 16.0. The molecule has 1 N–H and O–H groups in total. The fourth-order valence-electron chi connectivity index (χ4n) is 4.31. The van der Waals surface area contributed by atoms with Gasteiger partial charge in [0.2, 0.25) is 0 Å². The number of carbonyl (C=O) groups excluding carboxylic acids is 1. The number of unbranched alkanes of at least 4 members (excludes halogenated alkanes) is 1. The highest BCUT2D eigenvalue weighted by molar-refractivity contribution is 5.70. The summed E-state index contributed by atoms with van der Waals surface area (Å²) in [5, 5.41) is 3.47. The first-order valence-electron chi connectivity index (χ1n) is 12.2. The van der Waals surface area contributed by atoms with Crippen molar-refractivity contribution in [3.05, 3.63) is 64.5 Å². The number of fused-ring (bicyclic) bond motifs is 1. The van der Waals surface area contributed by atoms with E-state index >= 15 is 0 Å². The molecule has 2 aromatic heterocycles. The summed E-state index contributed by atoms with van der Waals surface area (Å²) in [6, 6.07) is 10.6. The van der Waals surface area contributed by atoms with Crippen LogP contribution >= 0.6 is 0 Å². The number of aryl methyl sites for hydroxylation is 1. The fraction of sp³-hybridized carbons (Fsp3) is 0.444. The van der Waals surface area contributed by atoms with Gasteiger partial charge in [0, 0.05) is 31.0 Å².